The van der Waals surface area contributed by atoms with Crippen LogP contribution < -0.4 is 5.32 Å². The molecule has 1 aliphatic rings. The van der Waals surface area contributed by atoms with Crippen molar-refractivity contribution in [3.63, 3.8) is 0 Å². The summed E-state index contributed by atoms with van der Waals surface area (Å²) in [6.45, 7) is 0.589. The molecule has 0 fully saturated rings. The van der Waals surface area contributed by atoms with Crippen LogP contribution in [-0.4, -0.2) is 29.3 Å². The van der Waals surface area contributed by atoms with E-state index in [0.717, 1.165) is 29.8 Å². The number of hydrogen-bond acceptors (Lipinski definition) is 4. The van der Waals surface area contributed by atoms with Gasteiger partial charge in [-0.05, 0) is 42.7 Å². The zero-order valence-corrected chi connectivity index (χ0v) is 13.9. The first kappa shape index (κ1) is 16.5. The Kier molecular flexibility index (Phi) is 5.43. The third-order valence-corrected chi connectivity index (χ3v) is 4.03. The first-order valence-electron chi connectivity index (χ1n) is 7.88. The molecular formula is C18H18ClN3O2. The number of hydrogen-bond donors (Lipinski definition) is 1. The second-order valence-corrected chi connectivity index (χ2v) is 6.00. The van der Waals surface area contributed by atoms with Crippen LogP contribution in [0.3, 0.4) is 0 Å². The summed E-state index contributed by atoms with van der Waals surface area (Å²) in [5.41, 5.74) is 2.71. The van der Waals surface area contributed by atoms with E-state index in [1.54, 1.807) is 18.3 Å². The minimum atomic E-state index is -0.564. The number of aryl methyl sites for hydroxylation is 1. The number of rotatable bonds is 6. The first-order valence-corrected chi connectivity index (χ1v) is 8.26. The van der Waals surface area contributed by atoms with Gasteiger partial charge in [0.05, 0.1) is 5.71 Å². The van der Waals surface area contributed by atoms with Crippen LogP contribution in [0.4, 0.5) is 0 Å². The van der Waals surface area contributed by atoms with Gasteiger partial charge in [-0.1, -0.05) is 35.0 Å². The standard InChI is InChI=1S/C18H18ClN3O2/c19-14-8-6-13(7-9-14)16-12-17(24-22-16)18(23)21-11-3-5-15-4-1-2-10-20-15/h1-2,4,6-10,17H,3,5,11-12H2,(H,21,23)/t17-/m1/s1. The highest BCUT2D eigenvalue weighted by Crippen LogP contribution is 2.18. The summed E-state index contributed by atoms with van der Waals surface area (Å²) in [4.78, 5) is 21.7. The van der Waals surface area contributed by atoms with Gasteiger partial charge in [0.15, 0.2) is 0 Å². The Balaban J connectivity index is 1.41. The van der Waals surface area contributed by atoms with E-state index in [2.05, 4.69) is 15.5 Å². The Morgan fingerprint density at radius 2 is 2.08 bits per heavy atom. The van der Waals surface area contributed by atoms with E-state index in [1.165, 1.54) is 0 Å². The van der Waals surface area contributed by atoms with Gasteiger partial charge in [-0.3, -0.25) is 9.78 Å². The van der Waals surface area contributed by atoms with Crippen LogP contribution >= 0.6 is 11.6 Å². The van der Waals surface area contributed by atoms with Gasteiger partial charge in [0.1, 0.15) is 0 Å². The zero-order chi connectivity index (χ0) is 16.8. The lowest BCUT2D eigenvalue weighted by Gasteiger charge is -2.09. The van der Waals surface area contributed by atoms with Crippen molar-refractivity contribution in [3.05, 3.63) is 64.9 Å². The number of pyridine rings is 1. The fraction of sp³-hybridized carbons (Fsp3) is 0.278. The number of oxime groups is 1. The average Bonchev–Trinajstić information content (AvgIpc) is 3.10. The molecule has 2 heterocycles. The van der Waals surface area contributed by atoms with E-state index in [-0.39, 0.29) is 5.91 Å². The highest BCUT2D eigenvalue weighted by molar-refractivity contribution is 6.30. The van der Waals surface area contributed by atoms with Gasteiger partial charge in [0.25, 0.3) is 5.91 Å². The van der Waals surface area contributed by atoms with Crippen LogP contribution in [0, 0.1) is 0 Å². The minimum absolute atomic E-state index is 0.135. The van der Waals surface area contributed by atoms with Crippen LogP contribution in [0.1, 0.15) is 24.1 Å². The Morgan fingerprint density at radius 3 is 2.83 bits per heavy atom. The van der Waals surface area contributed by atoms with E-state index in [4.69, 9.17) is 16.4 Å². The fourth-order valence-corrected chi connectivity index (χ4v) is 2.60. The summed E-state index contributed by atoms with van der Waals surface area (Å²) >= 11 is 5.87. The maximum atomic E-state index is 12.1. The summed E-state index contributed by atoms with van der Waals surface area (Å²) < 4.78 is 0. The maximum Gasteiger partial charge on any atom is 0.264 e. The summed E-state index contributed by atoms with van der Waals surface area (Å²) in [5, 5.41) is 7.57. The number of benzene rings is 1. The Hall–Kier alpha value is -2.40. The molecule has 1 atom stereocenters. The number of carbonyl (C=O) groups excluding carboxylic acids is 1. The quantitative estimate of drug-likeness (QED) is 0.820. The van der Waals surface area contributed by atoms with Gasteiger partial charge in [-0.25, -0.2) is 0 Å². The monoisotopic (exact) mass is 343 g/mol. The smallest absolute Gasteiger partial charge is 0.264 e. The summed E-state index contributed by atoms with van der Waals surface area (Å²) in [5.74, 6) is -0.135. The third-order valence-electron chi connectivity index (χ3n) is 3.77. The van der Waals surface area contributed by atoms with Crippen molar-refractivity contribution in [2.45, 2.75) is 25.4 Å². The molecule has 0 spiro atoms. The van der Waals surface area contributed by atoms with E-state index in [9.17, 15) is 4.79 Å². The molecule has 5 nitrogen and oxygen atoms in total. The van der Waals surface area contributed by atoms with Gasteiger partial charge in [0, 0.05) is 29.9 Å². The van der Waals surface area contributed by atoms with Crippen LogP contribution in [0.25, 0.3) is 0 Å². The van der Waals surface area contributed by atoms with Crippen molar-refractivity contribution in [1.82, 2.24) is 10.3 Å². The number of aromatic nitrogens is 1. The Labute approximate surface area is 145 Å². The van der Waals surface area contributed by atoms with Gasteiger partial charge in [-0.2, -0.15) is 0 Å². The van der Waals surface area contributed by atoms with E-state index in [0.29, 0.717) is 18.0 Å². The van der Waals surface area contributed by atoms with Gasteiger partial charge >= 0.3 is 0 Å². The maximum absolute atomic E-state index is 12.1. The minimum Gasteiger partial charge on any atom is -0.382 e. The predicted octanol–water partition coefficient (Wildman–Crippen LogP) is 2.98. The van der Waals surface area contributed by atoms with Crippen LogP contribution in [0.5, 0.6) is 0 Å². The second-order valence-electron chi connectivity index (χ2n) is 5.56. The van der Waals surface area contributed by atoms with Crippen LogP contribution in [-0.2, 0) is 16.1 Å². The molecule has 0 radical (unpaired) electrons. The largest absolute Gasteiger partial charge is 0.382 e. The summed E-state index contributed by atoms with van der Waals surface area (Å²) in [6, 6.07) is 13.2. The van der Waals surface area contributed by atoms with E-state index < -0.39 is 6.10 Å². The van der Waals surface area contributed by atoms with Crippen LogP contribution in [0.2, 0.25) is 5.02 Å². The number of amides is 1. The van der Waals surface area contributed by atoms with E-state index >= 15 is 0 Å². The second kappa shape index (κ2) is 7.93. The molecule has 124 valence electrons. The van der Waals surface area contributed by atoms with Gasteiger partial charge in [0.2, 0.25) is 6.10 Å². The van der Waals surface area contributed by atoms with Crippen molar-refractivity contribution in [3.8, 4) is 0 Å². The number of nitrogens with one attached hydrogen (secondary N) is 1. The van der Waals surface area contributed by atoms with Crippen LogP contribution in [0.15, 0.2) is 53.8 Å². The molecule has 2 aromatic rings. The lowest BCUT2D eigenvalue weighted by atomic mass is 10.0. The Bertz CT molecular complexity index is 717. The SMILES string of the molecule is O=C(NCCCc1ccccn1)[C@H]1CC(c2ccc(Cl)cc2)=NO1. The topological polar surface area (TPSA) is 63.6 Å². The molecule has 24 heavy (non-hydrogen) atoms. The molecule has 1 amide bonds. The van der Waals surface area contributed by atoms with Gasteiger partial charge in [-0.15, -0.1) is 0 Å². The lowest BCUT2D eigenvalue weighted by Crippen LogP contribution is -2.35. The van der Waals surface area contributed by atoms with Gasteiger partial charge < -0.3 is 10.2 Å². The average molecular weight is 344 g/mol. The predicted molar refractivity (Wildman–Crippen MR) is 93.0 cm³/mol. The van der Waals surface area contributed by atoms with Crippen molar-refractivity contribution >= 4 is 23.2 Å². The molecule has 3 rings (SSSR count). The molecular weight excluding hydrogens is 326 g/mol. The van der Waals surface area contributed by atoms with Crippen molar-refractivity contribution in [2.75, 3.05) is 6.54 Å². The molecule has 0 aliphatic carbocycles. The molecule has 0 saturated heterocycles. The molecule has 1 aromatic carbocycles. The fourth-order valence-electron chi connectivity index (χ4n) is 2.47. The normalized spacial score (nSPS) is 16.4. The van der Waals surface area contributed by atoms with Crippen molar-refractivity contribution < 1.29 is 9.63 Å². The molecule has 1 N–H and O–H groups in total. The highest BCUT2D eigenvalue weighted by atomic mass is 35.5. The zero-order valence-electron chi connectivity index (χ0n) is 13.1. The van der Waals surface area contributed by atoms with Crippen molar-refractivity contribution in [1.29, 1.82) is 0 Å². The molecule has 1 aliphatic heterocycles. The highest BCUT2D eigenvalue weighted by Gasteiger charge is 2.28. The molecule has 0 saturated carbocycles. The molecule has 0 bridgehead atoms. The summed E-state index contributed by atoms with van der Waals surface area (Å²) in [7, 11) is 0. The third kappa shape index (κ3) is 4.32. The first-order chi connectivity index (χ1) is 11.7. The molecule has 1 aromatic heterocycles. The lowest BCUT2D eigenvalue weighted by molar-refractivity contribution is -0.131. The Morgan fingerprint density at radius 1 is 1.25 bits per heavy atom. The molecule has 6 heteroatoms. The van der Waals surface area contributed by atoms with E-state index in [1.807, 2.05) is 30.3 Å². The summed E-state index contributed by atoms with van der Waals surface area (Å²) in [6.07, 6.45) is 3.34. The van der Waals surface area contributed by atoms with Crippen molar-refractivity contribution in [2.24, 2.45) is 5.16 Å². The number of halogens is 1. The molecule has 0 unspecified atom stereocenters. The number of nitrogens with zero attached hydrogens (tertiary/aromatic N) is 2. The number of carbonyl (C=O) groups is 1.